The van der Waals surface area contributed by atoms with Gasteiger partial charge in [-0.25, -0.2) is 0 Å². The van der Waals surface area contributed by atoms with Crippen molar-refractivity contribution in [3.8, 4) is 16.8 Å². The monoisotopic (exact) mass is 769 g/mol. The van der Waals surface area contributed by atoms with Crippen LogP contribution in [0.2, 0.25) is 0 Å². The lowest BCUT2D eigenvalue weighted by Gasteiger charge is -2.29. The SMILES string of the molecule is C/C(=C\c1cccc2c1CN(C1CCC(=O)NC1=O)C2=O)COC(=O)CCCn1cc(C#Cc2sc3c(c2Cc2ccccc2)COCc2nnc(C)n2-3)cn1. The van der Waals surface area contributed by atoms with Gasteiger partial charge in [0.1, 0.15) is 30.1 Å². The Labute approximate surface area is 327 Å². The van der Waals surface area contributed by atoms with Crippen LogP contribution in [0.25, 0.3) is 11.1 Å². The van der Waals surface area contributed by atoms with Crippen LogP contribution in [0.3, 0.4) is 0 Å². The number of hydrogen-bond acceptors (Lipinski definition) is 10. The number of amides is 3. The number of thiophene rings is 1. The van der Waals surface area contributed by atoms with E-state index in [1.165, 1.54) is 10.5 Å². The second-order valence-corrected chi connectivity index (χ2v) is 15.1. The molecule has 3 aliphatic rings. The molecule has 0 saturated carbocycles. The molecule has 3 aliphatic heterocycles. The summed E-state index contributed by atoms with van der Waals surface area (Å²) in [5.41, 5.74) is 7.19. The van der Waals surface area contributed by atoms with E-state index >= 15 is 0 Å². The Bertz CT molecular complexity index is 2450. The average Bonchev–Trinajstić information content (AvgIpc) is 3.94. The van der Waals surface area contributed by atoms with Gasteiger partial charge in [0.15, 0.2) is 5.82 Å². The second kappa shape index (κ2) is 15.9. The van der Waals surface area contributed by atoms with Crippen molar-refractivity contribution in [2.45, 2.75) is 78.3 Å². The zero-order valence-corrected chi connectivity index (χ0v) is 31.9. The summed E-state index contributed by atoms with van der Waals surface area (Å²) in [7, 11) is 0. The van der Waals surface area contributed by atoms with E-state index in [1.807, 2.05) is 50.4 Å². The number of carbonyl (C=O) groups excluding carboxylic acids is 4. The molecule has 0 radical (unpaired) electrons. The Morgan fingerprint density at radius 2 is 1.93 bits per heavy atom. The van der Waals surface area contributed by atoms with Gasteiger partial charge in [0.05, 0.1) is 23.2 Å². The molecule has 1 fully saturated rings. The third-order valence-electron chi connectivity index (χ3n) is 10.1. The fraction of sp³-hybridized carbons (Fsp3) is 0.310. The summed E-state index contributed by atoms with van der Waals surface area (Å²) >= 11 is 1.63. The number of rotatable bonds is 10. The van der Waals surface area contributed by atoms with Crippen molar-refractivity contribution >= 4 is 41.1 Å². The molecular weight excluding hydrogens is 731 g/mol. The first-order chi connectivity index (χ1) is 27.2. The maximum absolute atomic E-state index is 13.2. The van der Waals surface area contributed by atoms with Gasteiger partial charge >= 0.3 is 5.97 Å². The van der Waals surface area contributed by atoms with Crippen molar-refractivity contribution in [2.24, 2.45) is 0 Å². The van der Waals surface area contributed by atoms with Crippen LogP contribution in [0.5, 0.6) is 0 Å². The van der Waals surface area contributed by atoms with Gasteiger partial charge in [0, 0.05) is 43.3 Å². The summed E-state index contributed by atoms with van der Waals surface area (Å²) < 4.78 is 15.5. The molecule has 1 saturated heterocycles. The van der Waals surface area contributed by atoms with Gasteiger partial charge in [-0.1, -0.05) is 60.4 Å². The first-order valence-corrected chi connectivity index (χ1v) is 19.3. The molecule has 14 heteroatoms. The molecule has 0 aliphatic carbocycles. The van der Waals surface area contributed by atoms with Crippen LogP contribution in [0.1, 0.15) is 92.9 Å². The Morgan fingerprint density at radius 3 is 2.77 bits per heavy atom. The average molecular weight is 770 g/mol. The van der Waals surface area contributed by atoms with Crippen molar-refractivity contribution in [2.75, 3.05) is 6.61 Å². The topological polar surface area (TPSA) is 151 Å². The predicted octanol–water partition coefficient (Wildman–Crippen LogP) is 5.04. The van der Waals surface area contributed by atoms with Crippen molar-refractivity contribution in [3.05, 3.63) is 122 Å². The summed E-state index contributed by atoms with van der Waals surface area (Å²) in [6, 6.07) is 15.1. The molecule has 13 nitrogen and oxygen atoms in total. The van der Waals surface area contributed by atoms with Gasteiger partial charge in [-0.15, -0.1) is 21.5 Å². The normalized spacial score (nSPS) is 16.4. The van der Waals surface area contributed by atoms with Crippen LogP contribution in [0, 0.1) is 18.8 Å². The lowest BCUT2D eigenvalue weighted by molar-refractivity contribution is -0.143. The van der Waals surface area contributed by atoms with E-state index < -0.39 is 11.9 Å². The highest BCUT2D eigenvalue weighted by molar-refractivity contribution is 7.15. The van der Waals surface area contributed by atoms with E-state index in [0.29, 0.717) is 38.2 Å². The standard InChI is InChI=1S/C42H39N7O6S/c1-26(18-30-10-6-11-31-33(30)22-48(41(31)53)35-14-16-38(50)44-40(35)52)23-55-39(51)12-7-17-47-21-29(20-43-47)13-15-36-32(19-28-8-4-3-5-9-28)34-24-54-25-37-46-45-27(2)49(37)42(34)56-36/h3-6,8-11,18,20-21,35H,7,12,14,16-17,19,22-25H2,1-2H3,(H,44,50,52)/b26-18+. The number of ether oxygens (including phenoxy) is 2. The van der Waals surface area contributed by atoms with Gasteiger partial charge in [-0.3, -0.25) is 33.7 Å². The fourth-order valence-corrected chi connectivity index (χ4v) is 8.54. The highest BCUT2D eigenvalue weighted by Gasteiger charge is 2.39. The third kappa shape index (κ3) is 7.68. The smallest absolute Gasteiger partial charge is 0.306 e. The van der Waals surface area contributed by atoms with Gasteiger partial charge < -0.3 is 14.4 Å². The summed E-state index contributed by atoms with van der Waals surface area (Å²) in [5.74, 6) is 7.00. The number of esters is 1. The molecule has 1 unspecified atom stereocenters. The van der Waals surface area contributed by atoms with Crippen LogP contribution in [0.4, 0.5) is 0 Å². The van der Waals surface area contributed by atoms with Gasteiger partial charge in [-0.05, 0) is 67.0 Å². The number of benzene rings is 2. The number of aryl methyl sites for hydroxylation is 2. The summed E-state index contributed by atoms with van der Waals surface area (Å²) in [4.78, 5) is 52.4. The number of nitrogens with one attached hydrogen (secondary N) is 1. The molecule has 0 bridgehead atoms. The van der Waals surface area contributed by atoms with E-state index in [9.17, 15) is 19.2 Å². The molecule has 6 heterocycles. The van der Waals surface area contributed by atoms with Crippen LogP contribution < -0.4 is 5.32 Å². The van der Waals surface area contributed by atoms with Gasteiger partial charge in [0.25, 0.3) is 5.91 Å². The molecule has 1 atom stereocenters. The Morgan fingerprint density at radius 1 is 1.07 bits per heavy atom. The molecule has 56 heavy (non-hydrogen) atoms. The maximum atomic E-state index is 13.2. The van der Waals surface area contributed by atoms with Crippen molar-refractivity contribution in [1.29, 1.82) is 0 Å². The number of nitrogens with zero attached hydrogens (tertiary/aromatic N) is 6. The van der Waals surface area contributed by atoms with Crippen molar-refractivity contribution in [1.82, 2.24) is 34.8 Å². The van der Waals surface area contributed by atoms with E-state index in [4.69, 9.17) is 9.47 Å². The summed E-state index contributed by atoms with van der Waals surface area (Å²) in [6.07, 6.45) is 7.51. The lowest BCUT2D eigenvalue weighted by atomic mass is 10.0. The molecule has 3 amide bonds. The van der Waals surface area contributed by atoms with Crippen LogP contribution in [-0.2, 0) is 56.6 Å². The second-order valence-electron chi connectivity index (χ2n) is 14.1. The minimum atomic E-state index is -0.682. The van der Waals surface area contributed by atoms with Gasteiger partial charge in [0.2, 0.25) is 11.8 Å². The van der Waals surface area contributed by atoms with E-state index in [0.717, 1.165) is 61.3 Å². The lowest BCUT2D eigenvalue weighted by Crippen LogP contribution is -2.52. The van der Waals surface area contributed by atoms with Crippen molar-refractivity contribution < 1.29 is 28.7 Å². The fourth-order valence-electron chi connectivity index (χ4n) is 7.29. The highest BCUT2D eigenvalue weighted by atomic mass is 32.1. The number of fused-ring (bicyclic) bond motifs is 4. The Kier molecular flexibility index (Phi) is 10.4. The Hall–Kier alpha value is -6.17. The molecule has 8 rings (SSSR count). The van der Waals surface area contributed by atoms with Crippen LogP contribution >= 0.6 is 11.3 Å². The molecular formula is C42H39N7O6S. The first-order valence-electron chi connectivity index (χ1n) is 18.5. The molecule has 0 spiro atoms. The van der Waals surface area contributed by atoms with E-state index in [1.54, 1.807) is 34.3 Å². The number of hydrogen-bond donors (Lipinski definition) is 1. The Balaban J connectivity index is 0.869. The minimum absolute atomic E-state index is 0.109. The zero-order chi connectivity index (χ0) is 38.8. The minimum Gasteiger partial charge on any atom is -0.461 e. The number of piperidine rings is 1. The van der Waals surface area contributed by atoms with Gasteiger partial charge in [-0.2, -0.15) is 5.10 Å². The summed E-state index contributed by atoms with van der Waals surface area (Å²) in [5, 5.41) is 16.5. The van der Waals surface area contributed by atoms with Crippen LogP contribution in [-0.4, -0.2) is 65.8 Å². The van der Waals surface area contributed by atoms with E-state index in [2.05, 4.69) is 49.2 Å². The predicted molar refractivity (Wildman–Crippen MR) is 206 cm³/mol. The third-order valence-corrected chi connectivity index (χ3v) is 11.3. The first kappa shape index (κ1) is 36.8. The summed E-state index contributed by atoms with van der Waals surface area (Å²) in [6.45, 7) is 5.59. The van der Waals surface area contributed by atoms with Crippen molar-refractivity contribution in [3.63, 3.8) is 0 Å². The largest absolute Gasteiger partial charge is 0.461 e. The molecule has 3 aromatic heterocycles. The zero-order valence-electron chi connectivity index (χ0n) is 31.0. The molecule has 284 valence electrons. The number of aromatic nitrogens is 5. The molecule has 1 N–H and O–H groups in total. The molecule has 2 aromatic carbocycles. The van der Waals surface area contributed by atoms with E-state index in [-0.39, 0.29) is 43.8 Å². The quantitative estimate of drug-likeness (QED) is 0.117. The highest BCUT2D eigenvalue weighted by Crippen LogP contribution is 2.37. The maximum Gasteiger partial charge on any atom is 0.306 e. The van der Waals surface area contributed by atoms with Crippen LogP contribution in [0.15, 0.2) is 66.5 Å². The molecule has 5 aromatic rings. The number of imide groups is 1. The number of carbonyl (C=O) groups is 4.